The lowest BCUT2D eigenvalue weighted by Crippen LogP contribution is -2.23. The van der Waals surface area contributed by atoms with E-state index in [-0.39, 0.29) is 22.6 Å². The van der Waals surface area contributed by atoms with Crippen LogP contribution >= 0.6 is 0 Å². The molecule has 2 heterocycles. The van der Waals surface area contributed by atoms with Crippen molar-refractivity contribution in [2.45, 2.75) is 12.5 Å². The van der Waals surface area contributed by atoms with Crippen LogP contribution in [0.15, 0.2) is 23.0 Å². The highest BCUT2D eigenvalue weighted by Gasteiger charge is 2.32. The molecule has 1 saturated heterocycles. The Bertz CT molecular complexity index is 862. The molecule has 1 unspecified atom stereocenters. The van der Waals surface area contributed by atoms with Gasteiger partial charge in [-0.05, 0) is 18.6 Å². The van der Waals surface area contributed by atoms with Gasteiger partial charge in [0.05, 0.1) is 34.1 Å². The summed E-state index contributed by atoms with van der Waals surface area (Å²) in [5, 5.41) is 9.21. The third-order valence-corrected chi connectivity index (χ3v) is 5.29. The lowest BCUT2D eigenvalue weighted by molar-refractivity contribution is 0.0698. The molecule has 2 N–H and O–H groups in total. The van der Waals surface area contributed by atoms with Crippen LogP contribution in [0, 0.1) is 0 Å². The van der Waals surface area contributed by atoms with Gasteiger partial charge >= 0.3 is 11.7 Å². The largest absolute Gasteiger partial charge is 0.478 e. The van der Waals surface area contributed by atoms with Crippen LogP contribution in [0.25, 0.3) is 11.0 Å². The van der Waals surface area contributed by atoms with Gasteiger partial charge in [-0.25, -0.2) is 18.0 Å². The summed E-state index contributed by atoms with van der Waals surface area (Å²) in [6.07, 6.45) is 0.323. The van der Waals surface area contributed by atoms with Crippen molar-refractivity contribution in [2.24, 2.45) is 0 Å². The number of fused-ring (bicyclic) bond motifs is 1. The summed E-state index contributed by atoms with van der Waals surface area (Å²) in [5.74, 6) is -1.26. The minimum atomic E-state index is -3.16. The molecule has 106 valence electrons. The second-order valence-electron chi connectivity index (χ2n) is 4.86. The first-order chi connectivity index (χ1) is 9.39. The van der Waals surface area contributed by atoms with E-state index in [1.165, 1.54) is 16.7 Å². The Morgan fingerprint density at radius 2 is 2.15 bits per heavy atom. The van der Waals surface area contributed by atoms with Gasteiger partial charge in [-0.1, -0.05) is 6.07 Å². The molecule has 1 fully saturated rings. The molecule has 1 atom stereocenters. The number of imidazole rings is 1. The Hall–Kier alpha value is -2.09. The average molecular weight is 296 g/mol. The topological polar surface area (TPSA) is 109 Å². The fourth-order valence-corrected chi connectivity index (χ4v) is 4.38. The van der Waals surface area contributed by atoms with Crippen molar-refractivity contribution in [1.29, 1.82) is 0 Å². The molecule has 1 aromatic heterocycles. The summed E-state index contributed by atoms with van der Waals surface area (Å²) in [4.78, 5) is 25.9. The van der Waals surface area contributed by atoms with Crippen molar-refractivity contribution in [2.75, 3.05) is 11.5 Å². The second kappa shape index (κ2) is 4.20. The van der Waals surface area contributed by atoms with E-state index < -0.39 is 27.5 Å². The van der Waals surface area contributed by atoms with E-state index in [4.69, 9.17) is 0 Å². The van der Waals surface area contributed by atoms with E-state index in [0.717, 1.165) is 0 Å². The number of aromatic nitrogens is 2. The van der Waals surface area contributed by atoms with Crippen LogP contribution < -0.4 is 5.69 Å². The van der Waals surface area contributed by atoms with Gasteiger partial charge in [0.25, 0.3) is 0 Å². The molecule has 0 amide bonds. The van der Waals surface area contributed by atoms with Gasteiger partial charge in [0.1, 0.15) is 0 Å². The summed E-state index contributed by atoms with van der Waals surface area (Å²) in [5.41, 5.74) is 0.173. The first kappa shape index (κ1) is 12.9. The number of nitrogens with zero attached hydrogens (tertiary/aromatic N) is 1. The quantitative estimate of drug-likeness (QED) is 0.833. The number of H-pyrrole nitrogens is 1. The van der Waals surface area contributed by atoms with E-state index >= 15 is 0 Å². The van der Waals surface area contributed by atoms with E-state index in [1.807, 2.05) is 0 Å². The highest BCUT2D eigenvalue weighted by atomic mass is 32.2. The molecule has 0 aliphatic carbocycles. The Morgan fingerprint density at radius 1 is 1.40 bits per heavy atom. The van der Waals surface area contributed by atoms with Crippen molar-refractivity contribution < 1.29 is 18.3 Å². The molecule has 3 rings (SSSR count). The maximum atomic E-state index is 12.0. The van der Waals surface area contributed by atoms with E-state index in [1.54, 1.807) is 6.07 Å². The highest BCUT2D eigenvalue weighted by molar-refractivity contribution is 7.91. The molecule has 8 heteroatoms. The van der Waals surface area contributed by atoms with Gasteiger partial charge in [-0.3, -0.25) is 4.57 Å². The fraction of sp³-hybridized carbons (Fsp3) is 0.333. The van der Waals surface area contributed by atoms with Crippen LogP contribution in [0.4, 0.5) is 0 Å². The molecule has 0 saturated carbocycles. The zero-order valence-electron chi connectivity index (χ0n) is 10.4. The number of aromatic amines is 1. The molecule has 2 aromatic rings. The number of aromatic carboxylic acids is 1. The highest BCUT2D eigenvalue weighted by Crippen LogP contribution is 2.27. The Balaban J connectivity index is 2.28. The second-order valence-corrected chi connectivity index (χ2v) is 7.09. The molecule has 1 aliphatic rings. The molecule has 1 aromatic carbocycles. The zero-order chi connectivity index (χ0) is 14.5. The average Bonchev–Trinajstić information content (AvgIpc) is 2.87. The number of carboxylic acid groups (broad SMARTS) is 1. The van der Waals surface area contributed by atoms with E-state index in [2.05, 4.69) is 4.98 Å². The smallest absolute Gasteiger partial charge is 0.337 e. The van der Waals surface area contributed by atoms with Crippen LogP contribution in [-0.4, -0.2) is 40.6 Å². The minimum Gasteiger partial charge on any atom is -0.478 e. The molecule has 0 spiro atoms. The SMILES string of the molecule is O=C(O)c1cccc2[nH]c(=O)n(C3CCS(=O)(=O)C3)c12. The molecule has 20 heavy (non-hydrogen) atoms. The maximum absolute atomic E-state index is 12.0. The number of para-hydroxylation sites is 1. The fourth-order valence-electron chi connectivity index (χ4n) is 2.68. The van der Waals surface area contributed by atoms with Gasteiger partial charge in [-0.2, -0.15) is 0 Å². The predicted molar refractivity (Wildman–Crippen MR) is 71.8 cm³/mol. The third kappa shape index (κ3) is 1.92. The molecular formula is C12H12N2O5S. The summed E-state index contributed by atoms with van der Waals surface area (Å²) in [6.45, 7) is 0. The molecular weight excluding hydrogens is 284 g/mol. The normalized spacial score (nSPS) is 21.3. The van der Waals surface area contributed by atoms with E-state index in [9.17, 15) is 23.1 Å². The Labute approximate surface area is 113 Å². The standard InChI is InChI=1S/C12H12N2O5S/c15-11(16)8-2-1-3-9-10(8)14(12(17)13-9)7-4-5-20(18,19)6-7/h1-3,7H,4-6H2,(H,13,17)(H,15,16). The number of sulfone groups is 1. The lowest BCUT2D eigenvalue weighted by atomic mass is 10.1. The molecule has 0 bridgehead atoms. The number of rotatable bonds is 2. The number of carboxylic acids is 1. The van der Waals surface area contributed by atoms with Gasteiger partial charge in [-0.15, -0.1) is 0 Å². The first-order valence-electron chi connectivity index (χ1n) is 6.06. The molecule has 0 radical (unpaired) electrons. The Morgan fingerprint density at radius 3 is 2.75 bits per heavy atom. The van der Waals surface area contributed by atoms with Gasteiger partial charge in [0.2, 0.25) is 0 Å². The first-order valence-corrected chi connectivity index (χ1v) is 7.88. The van der Waals surface area contributed by atoms with Crippen LogP contribution in [-0.2, 0) is 9.84 Å². The van der Waals surface area contributed by atoms with Crippen LogP contribution in [0.3, 0.4) is 0 Å². The predicted octanol–water partition coefficient (Wildman–Crippen LogP) is 0.387. The monoisotopic (exact) mass is 296 g/mol. The van der Waals surface area contributed by atoms with Crippen molar-refractivity contribution >= 4 is 26.8 Å². The lowest BCUT2D eigenvalue weighted by Gasteiger charge is -2.11. The third-order valence-electron chi connectivity index (χ3n) is 3.54. The van der Waals surface area contributed by atoms with Crippen molar-refractivity contribution in [3.63, 3.8) is 0 Å². The maximum Gasteiger partial charge on any atom is 0.337 e. The number of benzene rings is 1. The molecule has 1 aliphatic heterocycles. The summed E-state index contributed by atoms with van der Waals surface area (Å²) >= 11 is 0. The van der Waals surface area contributed by atoms with Crippen molar-refractivity contribution in [3.05, 3.63) is 34.2 Å². The minimum absolute atomic E-state index is 0.00912. The summed E-state index contributed by atoms with van der Waals surface area (Å²) < 4.78 is 24.4. The van der Waals surface area contributed by atoms with Crippen molar-refractivity contribution in [3.8, 4) is 0 Å². The summed E-state index contributed by atoms with van der Waals surface area (Å²) in [6, 6.07) is 4.03. The van der Waals surface area contributed by atoms with Crippen LogP contribution in [0.5, 0.6) is 0 Å². The van der Waals surface area contributed by atoms with Gasteiger partial charge in [0.15, 0.2) is 9.84 Å². The zero-order valence-corrected chi connectivity index (χ0v) is 11.2. The van der Waals surface area contributed by atoms with Crippen molar-refractivity contribution in [1.82, 2.24) is 9.55 Å². The van der Waals surface area contributed by atoms with Crippen LogP contribution in [0.2, 0.25) is 0 Å². The Kier molecular flexibility index (Phi) is 2.72. The van der Waals surface area contributed by atoms with Gasteiger partial charge in [0, 0.05) is 0 Å². The van der Waals surface area contributed by atoms with E-state index in [0.29, 0.717) is 11.9 Å². The molecule has 7 nitrogen and oxygen atoms in total. The number of hydrogen-bond acceptors (Lipinski definition) is 4. The van der Waals surface area contributed by atoms with Crippen LogP contribution in [0.1, 0.15) is 22.8 Å². The number of hydrogen-bond donors (Lipinski definition) is 2. The number of carbonyl (C=O) groups is 1. The summed E-state index contributed by atoms with van der Waals surface area (Å²) in [7, 11) is -3.16. The van der Waals surface area contributed by atoms with Gasteiger partial charge < -0.3 is 10.1 Å². The number of nitrogens with one attached hydrogen (secondary N) is 1.